The maximum atomic E-state index is 12.0. The van der Waals surface area contributed by atoms with Gasteiger partial charge in [0.25, 0.3) is 0 Å². The lowest BCUT2D eigenvalue weighted by Gasteiger charge is -2.29. The van der Waals surface area contributed by atoms with Gasteiger partial charge in [-0.05, 0) is 18.6 Å². The summed E-state index contributed by atoms with van der Waals surface area (Å²) in [6.07, 6.45) is 0.333. The van der Waals surface area contributed by atoms with Gasteiger partial charge in [-0.1, -0.05) is 18.2 Å². The van der Waals surface area contributed by atoms with Crippen molar-refractivity contribution in [1.29, 1.82) is 0 Å². The number of carbonyl (C=O) groups excluding carboxylic acids is 1. The number of rotatable bonds is 5. The Labute approximate surface area is 120 Å². The third kappa shape index (κ3) is 4.51. The van der Waals surface area contributed by atoms with E-state index in [9.17, 15) is 4.79 Å². The van der Waals surface area contributed by atoms with E-state index in [-0.39, 0.29) is 11.9 Å². The largest absolute Gasteiger partial charge is 0.398 e. The molecule has 1 atom stereocenters. The molecule has 5 heteroatoms. The van der Waals surface area contributed by atoms with Gasteiger partial charge in [-0.25, -0.2) is 0 Å². The molecule has 1 fully saturated rings. The van der Waals surface area contributed by atoms with Crippen molar-refractivity contribution in [2.45, 2.75) is 19.4 Å². The number of benzene rings is 1. The maximum Gasteiger partial charge on any atom is 0.224 e. The van der Waals surface area contributed by atoms with Crippen LogP contribution in [0.2, 0.25) is 0 Å². The van der Waals surface area contributed by atoms with Crippen LogP contribution in [-0.4, -0.2) is 49.7 Å². The number of nitrogens with two attached hydrogens (primary N) is 1. The third-order valence-electron chi connectivity index (χ3n) is 3.45. The fourth-order valence-electron chi connectivity index (χ4n) is 2.41. The Balaban J connectivity index is 1.77. The molecule has 2 rings (SSSR count). The smallest absolute Gasteiger partial charge is 0.224 e. The summed E-state index contributed by atoms with van der Waals surface area (Å²) >= 11 is 0. The summed E-state index contributed by atoms with van der Waals surface area (Å²) in [4.78, 5) is 14.3. The molecule has 0 aliphatic carbocycles. The van der Waals surface area contributed by atoms with Crippen LogP contribution < -0.4 is 11.1 Å². The zero-order valence-electron chi connectivity index (χ0n) is 12.0. The van der Waals surface area contributed by atoms with Crippen LogP contribution in [0.1, 0.15) is 12.5 Å². The SMILES string of the molecule is CC(CN1CCOCC1)NC(=O)Cc1ccccc1N. The number of nitrogens with one attached hydrogen (secondary N) is 1. The Bertz CT molecular complexity index is 444. The van der Waals surface area contributed by atoms with E-state index in [1.807, 2.05) is 31.2 Å². The minimum absolute atomic E-state index is 0.0173. The lowest BCUT2D eigenvalue weighted by Crippen LogP contribution is -2.46. The van der Waals surface area contributed by atoms with Crippen LogP contribution >= 0.6 is 0 Å². The van der Waals surface area contributed by atoms with Gasteiger partial charge in [0.1, 0.15) is 0 Å². The van der Waals surface area contributed by atoms with Crippen LogP contribution in [0.15, 0.2) is 24.3 Å². The molecular formula is C15H23N3O2. The molecule has 1 heterocycles. The van der Waals surface area contributed by atoms with Crippen LogP contribution in [0.5, 0.6) is 0 Å². The Kier molecular flexibility index (Phi) is 5.38. The summed E-state index contributed by atoms with van der Waals surface area (Å²) in [6.45, 7) is 6.32. The topological polar surface area (TPSA) is 67.6 Å². The van der Waals surface area contributed by atoms with Crippen LogP contribution in [0, 0.1) is 0 Å². The molecule has 1 amide bonds. The summed E-state index contributed by atoms with van der Waals surface area (Å²) in [6, 6.07) is 7.61. The molecule has 0 spiro atoms. The first-order chi connectivity index (χ1) is 9.65. The van der Waals surface area contributed by atoms with E-state index >= 15 is 0 Å². The average Bonchev–Trinajstić information content (AvgIpc) is 2.42. The molecule has 1 unspecified atom stereocenters. The van der Waals surface area contributed by atoms with Crippen LogP contribution in [0.4, 0.5) is 5.69 Å². The van der Waals surface area contributed by atoms with Crippen molar-refractivity contribution in [1.82, 2.24) is 10.2 Å². The first kappa shape index (κ1) is 14.8. The second-order valence-electron chi connectivity index (χ2n) is 5.26. The van der Waals surface area contributed by atoms with E-state index in [2.05, 4.69) is 10.2 Å². The Morgan fingerprint density at radius 2 is 2.10 bits per heavy atom. The average molecular weight is 277 g/mol. The number of para-hydroxylation sites is 1. The van der Waals surface area contributed by atoms with Crippen molar-refractivity contribution >= 4 is 11.6 Å². The lowest BCUT2D eigenvalue weighted by molar-refractivity contribution is -0.121. The first-order valence-corrected chi connectivity index (χ1v) is 7.08. The lowest BCUT2D eigenvalue weighted by atomic mass is 10.1. The van der Waals surface area contributed by atoms with E-state index in [0.717, 1.165) is 38.4 Å². The number of anilines is 1. The Morgan fingerprint density at radius 1 is 1.40 bits per heavy atom. The fourth-order valence-corrected chi connectivity index (χ4v) is 2.41. The Morgan fingerprint density at radius 3 is 2.80 bits per heavy atom. The highest BCUT2D eigenvalue weighted by atomic mass is 16.5. The number of morpholine rings is 1. The molecule has 0 radical (unpaired) electrons. The number of amides is 1. The molecule has 20 heavy (non-hydrogen) atoms. The van der Waals surface area contributed by atoms with Gasteiger partial charge < -0.3 is 15.8 Å². The fraction of sp³-hybridized carbons (Fsp3) is 0.533. The van der Waals surface area contributed by atoms with Gasteiger partial charge in [-0.2, -0.15) is 0 Å². The molecule has 1 aliphatic heterocycles. The van der Waals surface area contributed by atoms with Crippen LogP contribution in [-0.2, 0) is 16.0 Å². The van der Waals surface area contributed by atoms with Gasteiger partial charge in [0.05, 0.1) is 19.6 Å². The van der Waals surface area contributed by atoms with E-state index in [1.165, 1.54) is 0 Å². The highest BCUT2D eigenvalue weighted by molar-refractivity contribution is 5.80. The molecule has 1 saturated heterocycles. The van der Waals surface area contributed by atoms with Crippen molar-refractivity contribution < 1.29 is 9.53 Å². The number of hydrogen-bond acceptors (Lipinski definition) is 4. The summed E-state index contributed by atoms with van der Waals surface area (Å²) in [5.41, 5.74) is 7.40. The molecule has 1 aromatic carbocycles. The minimum Gasteiger partial charge on any atom is -0.398 e. The molecule has 3 N–H and O–H groups in total. The van der Waals surface area contributed by atoms with Crippen molar-refractivity contribution in [3.05, 3.63) is 29.8 Å². The zero-order chi connectivity index (χ0) is 14.4. The minimum atomic E-state index is 0.0173. The second kappa shape index (κ2) is 7.26. The van der Waals surface area contributed by atoms with E-state index in [0.29, 0.717) is 12.1 Å². The van der Waals surface area contributed by atoms with E-state index < -0.39 is 0 Å². The maximum absolute atomic E-state index is 12.0. The molecule has 0 bridgehead atoms. The van der Waals surface area contributed by atoms with Crippen LogP contribution in [0.3, 0.4) is 0 Å². The van der Waals surface area contributed by atoms with Crippen molar-refractivity contribution in [3.8, 4) is 0 Å². The molecule has 1 aliphatic rings. The van der Waals surface area contributed by atoms with Gasteiger partial charge in [-0.15, -0.1) is 0 Å². The van der Waals surface area contributed by atoms with E-state index in [1.54, 1.807) is 0 Å². The number of ether oxygens (including phenoxy) is 1. The third-order valence-corrected chi connectivity index (χ3v) is 3.45. The van der Waals surface area contributed by atoms with Gasteiger partial charge in [0, 0.05) is 31.4 Å². The standard InChI is InChI=1S/C15H23N3O2/c1-12(11-18-6-8-20-9-7-18)17-15(19)10-13-4-2-3-5-14(13)16/h2-5,12H,6-11,16H2,1H3,(H,17,19). The van der Waals surface area contributed by atoms with Crippen molar-refractivity contribution in [2.75, 3.05) is 38.6 Å². The monoisotopic (exact) mass is 277 g/mol. The van der Waals surface area contributed by atoms with Gasteiger partial charge in [0.2, 0.25) is 5.91 Å². The zero-order valence-corrected chi connectivity index (χ0v) is 12.0. The molecular weight excluding hydrogens is 254 g/mol. The predicted octanol–water partition coefficient (Wildman–Crippen LogP) is 0.648. The van der Waals surface area contributed by atoms with Crippen LogP contribution in [0.25, 0.3) is 0 Å². The second-order valence-corrected chi connectivity index (χ2v) is 5.26. The quantitative estimate of drug-likeness (QED) is 0.775. The predicted molar refractivity (Wildman–Crippen MR) is 79.4 cm³/mol. The molecule has 0 aromatic heterocycles. The normalized spacial score (nSPS) is 17.6. The number of nitrogen functional groups attached to an aromatic ring is 1. The molecule has 5 nitrogen and oxygen atoms in total. The Hall–Kier alpha value is -1.59. The van der Waals surface area contributed by atoms with Crippen molar-refractivity contribution in [2.24, 2.45) is 0 Å². The highest BCUT2D eigenvalue weighted by Crippen LogP contribution is 2.11. The summed E-state index contributed by atoms with van der Waals surface area (Å²) in [7, 11) is 0. The van der Waals surface area contributed by atoms with Gasteiger partial charge >= 0.3 is 0 Å². The van der Waals surface area contributed by atoms with Crippen molar-refractivity contribution in [3.63, 3.8) is 0 Å². The number of nitrogens with zero attached hydrogens (tertiary/aromatic N) is 1. The van der Waals surface area contributed by atoms with E-state index in [4.69, 9.17) is 10.5 Å². The molecule has 0 saturated carbocycles. The summed E-state index contributed by atoms with van der Waals surface area (Å²) in [5.74, 6) is 0.0173. The molecule has 1 aromatic rings. The van der Waals surface area contributed by atoms with Gasteiger partial charge in [0.15, 0.2) is 0 Å². The highest BCUT2D eigenvalue weighted by Gasteiger charge is 2.15. The van der Waals surface area contributed by atoms with Gasteiger partial charge in [-0.3, -0.25) is 9.69 Å². The number of hydrogen-bond donors (Lipinski definition) is 2. The summed E-state index contributed by atoms with van der Waals surface area (Å²) in [5, 5.41) is 3.03. The first-order valence-electron chi connectivity index (χ1n) is 7.08. The number of carbonyl (C=O) groups is 1. The summed E-state index contributed by atoms with van der Waals surface area (Å²) < 4.78 is 5.31. The molecule has 110 valence electrons.